The lowest BCUT2D eigenvalue weighted by atomic mass is 9.78. The largest absolute Gasteiger partial charge is 0.493 e. The van der Waals surface area contributed by atoms with Crippen LogP contribution in [0.25, 0.3) is 0 Å². The molecule has 0 bridgehead atoms. The summed E-state index contributed by atoms with van der Waals surface area (Å²) in [7, 11) is 1.58. The molecule has 0 unspecified atom stereocenters. The van der Waals surface area contributed by atoms with Crippen LogP contribution < -0.4 is 9.47 Å². The van der Waals surface area contributed by atoms with Crippen molar-refractivity contribution in [3.05, 3.63) is 95.6 Å². The minimum Gasteiger partial charge on any atom is -0.493 e. The van der Waals surface area contributed by atoms with Gasteiger partial charge >= 0.3 is 0 Å². The Labute approximate surface area is 160 Å². The Morgan fingerprint density at radius 2 is 1.48 bits per heavy atom. The average Bonchev–Trinajstić information content (AvgIpc) is 2.73. The minimum absolute atomic E-state index is 0.0432. The molecule has 0 heterocycles. The second-order valence-corrected chi connectivity index (χ2v) is 6.96. The van der Waals surface area contributed by atoms with Crippen molar-refractivity contribution in [2.24, 2.45) is 0 Å². The predicted molar refractivity (Wildman–Crippen MR) is 108 cm³/mol. The van der Waals surface area contributed by atoms with Gasteiger partial charge in [-0.05, 0) is 43.2 Å². The number of rotatable bonds is 7. The summed E-state index contributed by atoms with van der Waals surface area (Å²) in [5.74, 6) is 1.22. The van der Waals surface area contributed by atoms with Crippen molar-refractivity contribution >= 4 is 5.78 Å². The number of hydrogen-bond donors (Lipinski definition) is 0. The van der Waals surface area contributed by atoms with Crippen molar-refractivity contribution in [1.82, 2.24) is 0 Å². The quantitative estimate of drug-likeness (QED) is 0.527. The van der Waals surface area contributed by atoms with Gasteiger partial charge in [0.1, 0.15) is 6.61 Å². The number of carbonyl (C=O) groups excluding carboxylic acids is 1. The highest BCUT2D eigenvalue weighted by Gasteiger charge is 2.31. The number of ether oxygens (including phenoxy) is 2. The molecule has 0 aliphatic heterocycles. The Bertz CT molecular complexity index is 899. The highest BCUT2D eigenvalue weighted by Crippen LogP contribution is 2.33. The number of ketones is 1. The van der Waals surface area contributed by atoms with E-state index in [1.54, 1.807) is 25.3 Å². The Morgan fingerprint density at radius 3 is 2.11 bits per heavy atom. The molecule has 0 aliphatic carbocycles. The molecule has 0 radical (unpaired) electrons. The van der Waals surface area contributed by atoms with Crippen molar-refractivity contribution in [3.63, 3.8) is 0 Å². The van der Waals surface area contributed by atoms with Crippen LogP contribution >= 0.6 is 0 Å². The standard InChI is InChI=1S/C24H24O3/c1-24(2,20-12-8-5-9-13-20)23(25)19-14-15-21(22(16-19)26-3)27-17-18-10-6-4-7-11-18/h4-16H,17H2,1-3H3. The number of Topliss-reactive ketones (excluding diaryl/α,β-unsaturated/α-hetero) is 1. The Kier molecular flexibility index (Phi) is 5.60. The van der Waals surface area contributed by atoms with Gasteiger partial charge in [0.05, 0.1) is 12.5 Å². The molecule has 0 saturated heterocycles. The first-order valence-corrected chi connectivity index (χ1v) is 8.97. The van der Waals surface area contributed by atoms with Crippen LogP contribution in [0.15, 0.2) is 78.9 Å². The van der Waals surface area contributed by atoms with Crippen molar-refractivity contribution in [2.75, 3.05) is 7.11 Å². The lowest BCUT2D eigenvalue weighted by molar-refractivity contribution is 0.0908. The van der Waals surface area contributed by atoms with E-state index in [-0.39, 0.29) is 5.78 Å². The van der Waals surface area contributed by atoms with E-state index >= 15 is 0 Å². The number of carbonyl (C=O) groups is 1. The zero-order chi connectivity index (χ0) is 19.3. The molecule has 138 valence electrons. The zero-order valence-corrected chi connectivity index (χ0v) is 15.9. The lowest BCUT2D eigenvalue weighted by Crippen LogP contribution is -2.29. The zero-order valence-electron chi connectivity index (χ0n) is 15.9. The Morgan fingerprint density at radius 1 is 0.852 bits per heavy atom. The van der Waals surface area contributed by atoms with Crippen LogP contribution in [0.1, 0.15) is 35.3 Å². The summed E-state index contributed by atoms with van der Waals surface area (Å²) in [6.45, 7) is 4.33. The van der Waals surface area contributed by atoms with Crippen LogP contribution in [0.4, 0.5) is 0 Å². The fraction of sp³-hybridized carbons (Fsp3) is 0.208. The molecule has 0 fully saturated rings. The molecule has 27 heavy (non-hydrogen) atoms. The molecule has 3 aromatic rings. The van der Waals surface area contributed by atoms with E-state index in [4.69, 9.17) is 9.47 Å². The Hall–Kier alpha value is -3.07. The van der Waals surface area contributed by atoms with Gasteiger partial charge in [0, 0.05) is 5.56 Å². The average molecular weight is 360 g/mol. The SMILES string of the molecule is COc1cc(C(=O)C(C)(C)c2ccccc2)ccc1OCc1ccccc1. The van der Waals surface area contributed by atoms with Gasteiger partial charge in [-0.15, -0.1) is 0 Å². The summed E-state index contributed by atoms with van der Waals surface area (Å²) in [5, 5.41) is 0. The van der Waals surface area contributed by atoms with Gasteiger partial charge in [-0.25, -0.2) is 0 Å². The molecular weight excluding hydrogens is 336 g/mol. The summed E-state index contributed by atoms with van der Waals surface area (Å²) in [5.41, 5.74) is 2.04. The maximum Gasteiger partial charge on any atom is 0.172 e. The third kappa shape index (κ3) is 4.20. The fourth-order valence-corrected chi connectivity index (χ4v) is 3.01. The van der Waals surface area contributed by atoms with Gasteiger partial charge in [0.25, 0.3) is 0 Å². The van der Waals surface area contributed by atoms with E-state index in [2.05, 4.69) is 0 Å². The van der Waals surface area contributed by atoms with Gasteiger partial charge in [-0.1, -0.05) is 60.7 Å². The highest BCUT2D eigenvalue weighted by molar-refractivity contribution is 6.04. The molecule has 3 aromatic carbocycles. The second kappa shape index (κ2) is 8.09. The summed E-state index contributed by atoms with van der Waals surface area (Å²) < 4.78 is 11.3. The predicted octanol–water partition coefficient (Wildman–Crippen LogP) is 5.43. The van der Waals surface area contributed by atoms with Crippen LogP contribution in [0.5, 0.6) is 11.5 Å². The molecule has 0 atom stereocenters. The molecule has 0 N–H and O–H groups in total. The smallest absolute Gasteiger partial charge is 0.172 e. The molecule has 0 amide bonds. The minimum atomic E-state index is -0.626. The van der Waals surface area contributed by atoms with Gasteiger partial charge in [-0.2, -0.15) is 0 Å². The van der Waals surface area contributed by atoms with Crippen molar-refractivity contribution in [1.29, 1.82) is 0 Å². The highest BCUT2D eigenvalue weighted by atomic mass is 16.5. The molecule has 3 nitrogen and oxygen atoms in total. The van der Waals surface area contributed by atoms with E-state index in [0.717, 1.165) is 11.1 Å². The second-order valence-electron chi connectivity index (χ2n) is 6.96. The van der Waals surface area contributed by atoms with Gasteiger partial charge in [0.15, 0.2) is 17.3 Å². The first-order valence-electron chi connectivity index (χ1n) is 8.97. The number of methoxy groups -OCH3 is 1. The molecule has 0 aromatic heterocycles. The van der Waals surface area contributed by atoms with E-state index in [1.165, 1.54) is 0 Å². The molecule has 3 heteroatoms. The van der Waals surface area contributed by atoms with Crippen molar-refractivity contribution in [2.45, 2.75) is 25.9 Å². The van der Waals surface area contributed by atoms with E-state index < -0.39 is 5.41 Å². The maximum absolute atomic E-state index is 13.1. The Balaban J connectivity index is 1.82. The van der Waals surface area contributed by atoms with Crippen LogP contribution in [0.2, 0.25) is 0 Å². The van der Waals surface area contributed by atoms with Gasteiger partial charge in [0.2, 0.25) is 0 Å². The summed E-state index contributed by atoms with van der Waals surface area (Å²) in [4.78, 5) is 13.1. The fourth-order valence-electron chi connectivity index (χ4n) is 3.01. The summed E-state index contributed by atoms with van der Waals surface area (Å²) in [6, 6.07) is 25.1. The molecule has 0 spiro atoms. The first-order chi connectivity index (χ1) is 13.0. The third-order valence-corrected chi connectivity index (χ3v) is 4.73. The lowest BCUT2D eigenvalue weighted by Gasteiger charge is -2.24. The summed E-state index contributed by atoms with van der Waals surface area (Å²) in [6.07, 6.45) is 0. The topological polar surface area (TPSA) is 35.5 Å². The van der Waals surface area contributed by atoms with E-state index in [0.29, 0.717) is 23.7 Å². The van der Waals surface area contributed by atoms with Crippen LogP contribution in [0, 0.1) is 0 Å². The third-order valence-electron chi connectivity index (χ3n) is 4.73. The monoisotopic (exact) mass is 360 g/mol. The molecule has 0 saturated carbocycles. The van der Waals surface area contributed by atoms with Crippen LogP contribution in [-0.2, 0) is 12.0 Å². The molecule has 3 rings (SSSR count). The molecular formula is C24H24O3. The van der Waals surface area contributed by atoms with Crippen molar-refractivity contribution in [3.8, 4) is 11.5 Å². The van der Waals surface area contributed by atoms with E-state index in [1.807, 2.05) is 74.5 Å². The van der Waals surface area contributed by atoms with Crippen LogP contribution in [0.3, 0.4) is 0 Å². The number of hydrogen-bond acceptors (Lipinski definition) is 3. The van der Waals surface area contributed by atoms with E-state index in [9.17, 15) is 4.79 Å². The maximum atomic E-state index is 13.1. The van der Waals surface area contributed by atoms with Gasteiger partial charge < -0.3 is 9.47 Å². The molecule has 0 aliphatic rings. The van der Waals surface area contributed by atoms with Crippen molar-refractivity contribution < 1.29 is 14.3 Å². The summed E-state index contributed by atoms with van der Waals surface area (Å²) >= 11 is 0. The first kappa shape index (κ1) is 18.7. The normalized spacial score (nSPS) is 11.1. The van der Waals surface area contributed by atoms with Crippen LogP contribution in [-0.4, -0.2) is 12.9 Å². The van der Waals surface area contributed by atoms with Gasteiger partial charge in [-0.3, -0.25) is 4.79 Å². The number of benzene rings is 3.